The van der Waals surface area contributed by atoms with Crippen LogP contribution in [-0.2, 0) is 65.4 Å². The van der Waals surface area contributed by atoms with Gasteiger partial charge < -0.3 is 40.5 Å². The lowest BCUT2D eigenvalue weighted by Gasteiger charge is -2.40. The summed E-state index contributed by atoms with van der Waals surface area (Å²) in [6, 6.07) is 11.3. The molecule has 3 saturated carbocycles. The smallest absolute Gasteiger partial charge is 0.378 e. The Morgan fingerprint density at radius 1 is 0.872 bits per heavy atom. The van der Waals surface area contributed by atoms with E-state index in [0.29, 0.717) is 88.9 Å². The second-order valence-electron chi connectivity index (χ2n) is 23.2. The van der Waals surface area contributed by atoms with Gasteiger partial charge in [0, 0.05) is 112 Å². The first-order valence-electron chi connectivity index (χ1n) is 28.6. The van der Waals surface area contributed by atoms with Gasteiger partial charge in [-0.05, 0) is 142 Å². The summed E-state index contributed by atoms with van der Waals surface area (Å²) in [6.45, 7) is 5.88. The van der Waals surface area contributed by atoms with Crippen LogP contribution in [0.15, 0.2) is 53.3 Å². The first-order valence-corrected chi connectivity index (χ1v) is 29.4. The van der Waals surface area contributed by atoms with Gasteiger partial charge >= 0.3 is 6.18 Å². The number of likely N-dealkylation sites (tertiary alicyclic amines) is 1. The number of ether oxygens (including phenoxy) is 2. The largest absolute Gasteiger partial charge is 0.418 e. The van der Waals surface area contributed by atoms with Crippen molar-refractivity contribution in [3.05, 3.63) is 92.5 Å². The molecule has 424 valence electrons. The standard InChI is InChI=1S/C59H78BrF3N8O7/c1-36(2)58(23-20-43(33-58)67-50-19-10-38-30-41(60)11-18-46(38)50)57(76)71-27-22-49-40(35-71)31-48(59(61,62)63)51(69-49)21-25-65-55(74)37-8-12-42(13-9-37)68-52(72)7-5-28-77-44-14-16-45(17-15-44)78-29-26-66-56(75)47-32-53(73)70(3)54(47)39-6-4-24-64-34-39/h4,6,11,18,24,30-31,34,36-37,42-45,47,50,54,67H,5,7-10,12-17,19-23,25-29,32-33,35H2,1-3H3,(H,65,74)(H,66,75)(H,68,72)/t37?,42?,43-,44?,45?,47+,50-,54-,58+/m1/s1. The van der Waals surface area contributed by atoms with Gasteiger partial charge in [0.05, 0.1) is 47.4 Å². The molecule has 1 aromatic carbocycles. The third kappa shape index (κ3) is 13.8. The third-order valence-corrected chi connectivity index (χ3v) is 18.4. The lowest BCUT2D eigenvalue weighted by Crippen LogP contribution is -2.48. The molecular formula is C59H78BrF3N8O7. The molecule has 5 amide bonds. The summed E-state index contributed by atoms with van der Waals surface area (Å²) in [5.41, 5.74) is 2.98. The minimum absolute atomic E-state index is 0.0165. The summed E-state index contributed by atoms with van der Waals surface area (Å²) in [5.74, 6) is -1.19. The zero-order valence-electron chi connectivity index (χ0n) is 45.4. The Bertz CT molecular complexity index is 2610. The highest BCUT2D eigenvalue weighted by atomic mass is 79.9. The Morgan fingerprint density at radius 3 is 2.33 bits per heavy atom. The quantitative estimate of drug-likeness (QED) is 0.0802. The highest BCUT2D eigenvalue weighted by molar-refractivity contribution is 9.10. The van der Waals surface area contributed by atoms with Crippen molar-refractivity contribution in [3.8, 4) is 0 Å². The minimum atomic E-state index is -4.66. The SMILES string of the molecule is CC(C)[C@]1(C(=O)N2CCc3nc(CCNC(=O)C4CCC(NC(=O)CCCOC5CCC(OCCNC(=O)[C@H]6CC(=O)N(C)[C@@H]6c6cccnc6)CC5)CC4)c(C(F)(F)F)cc3C2)CC[C@@H](N[C@@H]2CCc3cc(Br)ccc32)C1. The van der Waals surface area contributed by atoms with Crippen LogP contribution in [0.4, 0.5) is 13.2 Å². The first kappa shape index (κ1) is 57.7. The fraction of sp³-hybridized carbons (Fsp3) is 0.644. The number of rotatable bonds is 20. The molecule has 0 unspecified atom stereocenters. The van der Waals surface area contributed by atoms with E-state index in [1.807, 2.05) is 6.07 Å². The van der Waals surface area contributed by atoms with Crippen LogP contribution in [-0.4, -0.2) is 113 Å². The van der Waals surface area contributed by atoms with E-state index < -0.39 is 23.1 Å². The van der Waals surface area contributed by atoms with Crippen LogP contribution in [0.2, 0.25) is 0 Å². The number of carbonyl (C=O) groups is 5. The zero-order chi connectivity index (χ0) is 55.1. The molecule has 4 fully saturated rings. The lowest BCUT2D eigenvalue weighted by atomic mass is 9.74. The van der Waals surface area contributed by atoms with E-state index in [-0.39, 0.29) is 109 Å². The Morgan fingerprint density at radius 2 is 1.62 bits per heavy atom. The van der Waals surface area contributed by atoms with E-state index >= 15 is 0 Å². The van der Waals surface area contributed by atoms with Crippen LogP contribution < -0.4 is 21.3 Å². The van der Waals surface area contributed by atoms with E-state index in [9.17, 15) is 37.1 Å². The third-order valence-electron chi connectivity index (χ3n) is 17.9. The second-order valence-corrected chi connectivity index (χ2v) is 24.1. The van der Waals surface area contributed by atoms with Crippen molar-refractivity contribution < 1.29 is 46.6 Å². The minimum Gasteiger partial charge on any atom is -0.378 e. The molecule has 78 heavy (non-hydrogen) atoms. The van der Waals surface area contributed by atoms with Gasteiger partial charge in [0.15, 0.2) is 0 Å². The molecule has 4 heterocycles. The number of amides is 5. The summed E-state index contributed by atoms with van der Waals surface area (Å²) < 4.78 is 57.2. The monoisotopic (exact) mass is 1150 g/mol. The van der Waals surface area contributed by atoms with E-state index in [2.05, 4.69) is 79.2 Å². The van der Waals surface area contributed by atoms with Crippen molar-refractivity contribution in [2.24, 2.45) is 23.2 Å². The molecule has 9 rings (SSSR count). The molecule has 0 spiro atoms. The van der Waals surface area contributed by atoms with Crippen molar-refractivity contribution in [2.45, 2.75) is 179 Å². The lowest BCUT2D eigenvalue weighted by molar-refractivity contribution is -0.146. The van der Waals surface area contributed by atoms with Crippen LogP contribution in [0.25, 0.3) is 0 Å². The predicted octanol–water partition coefficient (Wildman–Crippen LogP) is 8.41. The van der Waals surface area contributed by atoms with Crippen molar-refractivity contribution in [1.82, 2.24) is 41.0 Å². The van der Waals surface area contributed by atoms with E-state index in [1.165, 1.54) is 17.2 Å². The topological polar surface area (TPSA) is 184 Å². The number of hydrogen-bond acceptors (Lipinski definition) is 10. The van der Waals surface area contributed by atoms with E-state index in [0.717, 1.165) is 61.4 Å². The molecule has 6 aliphatic rings. The fourth-order valence-electron chi connectivity index (χ4n) is 13.4. The molecule has 15 nitrogen and oxygen atoms in total. The summed E-state index contributed by atoms with van der Waals surface area (Å²) >= 11 is 3.59. The summed E-state index contributed by atoms with van der Waals surface area (Å²) in [4.78, 5) is 78.2. The average Bonchev–Trinajstić information content (AvgIpc) is 4.27. The molecule has 0 bridgehead atoms. The molecule has 4 aliphatic carbocycles. The number of hydrogen-bond donors (Lipinski definition) is 4. The number of nitrogens with zero attached hydrogens (tertiary/aromatic N) is 4. The molecular weight excluding hydrogens is 1070 g/mol. The number of fused-ring (bicyclic) bond motifs is 2. The van der Waals surface area contributed by atoms with Crippen LogP contribution in [0.3, 0.4) is 0 Å². The molecule has 3 aromatic rings. The Balaban J connectivity index is 0.640. The normalized spacial score (nSPS) is 27.2. The number of alkyl halides is 3. The number of aryl methyl sites for hydroxylation is 1. The van der Waals surface area contributed by atoms with Gasteiger partial charge in [-0.3, -0.25) is 33.9 Å². The number of carbonyl (C=O) groups excluding carboxylic acids is 5. The highest BCUT2D eigenvalue weighted by Crippen LogP contribution is 2.48. The van der Waals surface area contributed by atoms with Crippen LogP contribution >= 0.6 is 15.9 Å². The number of benzene rings is 1. The summed E-state index contributed by atoms with van der Waals surface area (Å²) in [6.07, 6.45) is 10.3. The molecule has 4 N–H and O–H groups in total. The maximum absolute atomic E-state index is 14.7. The van der Waals surface area contributed by atoms with Crippen molar-refractivity contribution in [1.29, 1.82) is 0 Å². The highest BCUT2D eigenvalue weighted by Gasteiger charge is 2.50. The molecule has 2 aliphatic heterocycles. The van der Waals surface area contributed by atoms with Gasteiger partial charge in [-0.25, -0.2) is 0 Å². The average molecular weight is 1150 g/mol. The fourth-order valence-corrected chi connectivity index (χ4v) is 13.8. The number of aromatic nitrogens is 2. The van der Waals surface area contributed by atoms with Crippen molar-refractivity contribution in [3.63, 3.8) is 0 Å². The van der Waals surface area contributed by atoms with Gasteiger partial charge in [0.1, 0.15) is 0 Å². The van der Waals surface area contributed by atoms with Crippen LogP contribution in [0.5, 0.6) is 0 Å². The Kier molecular flexibility index (Phi) is 19.0. The molecule has 5 atom stereocenters. The van der Waals surface area contributed by atoms with Crippen LogP contribution in [0, 0.1) is 23.2 Å². The van der Waals surface area contributed by atoms with E-state index in [1.54, 1.807) is 35.3 Å². The number of pyridine rings is 2. The van der Waals surface area contributed by atoms with Gasteiger partial charge in [0.25, 0.3) is 0 Å². The maximum Gasteiger partial charge on any atom is 0.418 e. The van der Waals surface area contributed by atoms with Gasteiger partial charge in [-0.1, -0.05) is 41.9 Å². The van der Waals surface area contributed by atoms with Crippen LogP contribution in [0.1, 0.15) is 161 Å². The molecule has 1 saturated heterocycles. The summed E-state index contributed by atoms with van der Waals surface area (Å²) in [5, 5.41) is 12.8. The molecule has 2 aromatic heterocycles. The van der Waals surface area contributed by atoms with Gasteiger partial charge in [0.2, 0.25) is 29.5 Å². The first-order chi connectivity index (χ1) is 37.4. The Labute approximate surface area is 465 Å². The number of halogens is 4. The van der Waals surface area contributed by atoms with E-state index in [4.69, 9.17) is 9.47 Å². The Hall–Kier alpha value is -4.98. The van der Waals surface area contributed by atoms with Crippen molar-refractivity contribution >= 4 is 45.5 Å². The molecule has 19 heteroatoms. The van der Waals surface area contributed by atoms with Gasteiger partial charge in [-0.15, -0.1) is 0 Å². The molecule has 0 radical (unpaired) electrons. The zero-order valence-corrected chi connectivity index (χ0v) is 47.0. The predicted molar refractivity (Wildman–Crippen MR) is 290 cm³/mol. The maximum atomic E-state index is 14.7. The summed E-state index contributed by atoms with van der Waals surface area (Å²) in [7, 11) is 1.72. The number of nitrogens with one attached hydrogen (secondary N) is 4. The van der Waals surface area contributed by atoms with Gasteiger partial charge in [-0.2, -0.15) is 13.2 Å². The van der Waals surface area contributed by atoms with Crippen molar-refractivity contribution in [2.75, 3.05) is 39.9 Å². The second kappa shape index (κ2) is 25.6.